The first-order valence-electron chi connectivity index (χ1n) is 5.01. The van der Waals surface area contributed by atoms with Crippen molar-refractivity contribution >= 4 is 29.6 Å². The van der Waals surface area contributed by atoms with E-state index < -0.39 is 17.7 Å². The smallest absolute Gasteiger partial charge is 0.375 e. The van der Waals surface area contributed by atoms with E-state index in [1.165, 1.54) is 12.1 Å². The van der Waals surface area contributed by atoms with Crippen LogP contribution in [0.15, 0.2) is 24.3 Å². The zero-order valence-corrected chi connectivity index (χ0v) is 9.94. The van der Waals surface area contributed by atoms with E-state index in [0.717, 1.165) is 0 Å². The van der Waals surface area contributed by atoms with Crippen molar-refractivity contribution in [1.82, 2.24) is 0 Å². The second-order valence-corrected chi connectivity index (χ2v) is 3.69. The van der Waals surface area contributed by atoms with Gasteiger partial charge in [0, 0.05) is 5.02 Å². The molecule has 1 unspecified atom stereocenters. The minimum Gasteiger partial charge on any atom is -0.460 e. The predicted molar refractivity (Wildman–Crippen MR) is 61.9 cm³/mol. The van der Waals surface area contributed by atoms with Gasteiger partial charge < -0.3 is 9.53 Å². The van der Waals surface area contributed by atoms with Gasteiger partial charge in [-0.25, -0.2) is 4.79 Å². The van der Waals surface area contributed by atoms with Crippen LogP contribution in [-0.2, 0) is 19.1 Å². The first kappa shape index (κ1) is 13.4. The molecule has 5 heteroatoms. The molecule has 17 heavy (non-hydrogen) atoms. The standard InChI is InChI=1S/C12H11ClO4/c1-2-17-12(16)11(15)10(7-14)8-3-5-9(13)6-4-8/h3-7,10H,2H2,1H3. The van der Waals surface area contributed by atoms with Crippen molar-refractivity contribution in [2.24, 2.45) is 0 Å². The van der Waals surface area contributed by atoms with E-state index in [9.17, 15) is 14.4 Å². The fourth-order valence-electron chi connectivity index (χ4n) is 1.29. The highest BCUT2D eigenvalue weighted by molar-refractivity contribution is 6.38. The fourth-order valence-corrected chi connectivity index (χ4v) is 1.42. The minimum absolute atomic E-state index is 0.0940. The number of carbonyl (C=O) groups is 3. The van der Waals surface area contributed by atoms with Gasteiger partial charge in [0.1, 0.15) is 12.2 Å². The molecule has 1 aromatic rings. The van der Waals surface area contributed by atoms with Crippen LogP contribution in [0.5, 0.6) is 0 Å². The van der Waals surface area contributed by atoms with Crippen LogP contribution in [0.25, 0.3) is 0 Å². The number of esters is 1. The van der Waals surface area contributed by atoms with Crippen molar-refractivity contribution in [2.75, 3.05) is 6.61 Å². The maximum absolute atomic E-state index is 11.6. The summed E-state index contributed by atoms with van der Waals surface area (Å²) < 4.78 is 4.56. The van der Waals surface area contributed by atoms with E-state index in [2.05, 4.69) is 4.74 Å². The Balaban J connectivity index is 2.91. The summed E-state index contributed by atoms with van der Waals surface area (Å²) >= 11 is 5.69. The van der Waals surface area contributed by atoms with E-state index in [1.54, 1.807) is 19.1 Å². The molecule has 0 aliphatic rings. The van der Waals surface area contributed by atoms with E-state index in [-0.39, 0.29) is 6.61 Å². The topological polar surface area (TPSA) is 60.4 Å². The minimum atomic E-state index is -1.13. The van der Waals surface area contributed by atoms with Crippen LogP contribution in [0.4, 0.5) is 0 Å². The average molecular weight is 255 g/mol. The Morgan fingerprint density at radius 2 is 1.94 bits per heavy atom. The first-order valence-corrected chi connectivity index (χ1v) is 5.39. The van der Waals surface area contributed by atoms with Gasteiger partial charge in [-0.15, -0.1) is 0 Å². The molecule has 1 atom stereocenters. The van der Waals surface area contributed by atoms with Crippen molar-refractivity contribution in [3.8, 4) is 0 Å². The largest absolute Gasteiger partial charge is 0.460 e. The third kappa shape index (κ3) is 3.39. The lowest BCUT2D eigenvalue weighted by molar-refractivity contribution is -0.154. The van der Waals surface area contributed by atoms with Crippen molar-refractivity contribution in [1.29, 1.82) is 0 Å². The van der Waals surface area contributed by atoms with Crippen molar-refractivity contribution < 1.29 is 19.1 Å². The molecule has 0 radical (unpaired) electrons. The molecule has 90 valence electrons. The Kier molecular flexibility index (Phi) is 4.84. The second kappa shape index (κ2) is 6.15. The lowest BCUT2D eigenvalue weighted by Crippen LogP contribution is -2.25. The maximum atomic E-state index is 11.6. The molecule has 0 fully saturated rings. The van der Waals surface area contributed by atoms with Crippen LogP contribution in [0.1, 0.15) is 18.4 Å². The number of benzene rings is 1. The second-order valence-electron chi connectivity index (χ2n) is 3.25. The van der Waals surface area contributed by atoms with Crippen LogP contribution in [-0.4, -0.2) is 24.6 Å². The van der Waals surface area contributed by atoms with Gasteiger partial charge >= 0.3 is 5.97 Å². The number of rotatable bonds is 5. The van der Waals surface area contributed by atoms with E-state index in [1.807, 2.05) is 0 Å². The summed E-state index contributed by atoms with van der Waals surface area (Å²) in [4.78, 5) is 33.7. The number of aldehydes is 1. The van der Waals surface area contributed by atoms with Gasteiger partial charge in [-0.05, 0) is 24.6 Å². The maximum Gasteiger partial charge on any atom is 0.375 e. The monoisotopic (exact) mass is 254 g/mol. The fraction of sp³-hybridized carbons (Fsp3) is 0.250. The van der Waals surface area contributed by atoms with Crippen LogP contribution < -0.4 is 0 Å². The quantitative estimate of drug-likeness (QED) is 0.348. The molecule has 0 aliphatic carbocycles. The molecule has 0 N–H and O–H groups in total. The summed E-state index contributed by atoms with van der Waals surface area (Å²) in [6.07, 6.45) is 0.419. The van der Waals surface area contributed by atoms with Gasteiger partial charge in [-0.1, -0.05) is 23.7 Å². The normalized spacial score (nSPS) is 11.6. The third-order valence-electron chi connectivity index (χ3n) is 2.12. The van der Waals surface area contributed by atoms with Crippen LogP contribution in [0.3, 0.4) is 0 Å². The van der Waals surface area contributed by atoms with Crippen molar-refractivity contribution in [3.05, 3.63) is 34.9 Å². The van der Waals surface area contributed by atoms with E-state index in [4.69, 9.17) is 11.6 Å². The lowest BCUT2D eigenvalue weighted by atomic mass is 9.96. The Morgan fingerprint density at radius 1 is 1.35 bits per heavy atom. The number of hydrogen-bond acceptors (Lipinski definition) is 4. The third-order valence-corrected chi connectivity index (χ3v) is 2.38. The highest BCUT2D eigenvalue weighted by Crippen LogP contribution is 2.18. The van der Waals surface area contributed by atoms with E-state index in [0.29, 0.717) is 16.9 Å². The SMILES string of the molecule is CCOC(=O)C(=O)C(C=O)c1ccc(Cl)cc1. The molecule has 4 nitrogen and oxygen atoms in total. The summed E-state index contributed by atoms with van der Waals surface area (Å²) in [7, 11) is 0. The summed E-state index contributed by atoms with van der Waals surface area (Å²) in [5.74, 6) is -3.00. The molecule has 0 saturated carbocycles. The molecule has 1 aromatic carbocycles. The van der Waals surface area contributed by atoms with Crippen molar-refractivity contribution in [3.63, 3.8) is 0 Å². The van der Waals surface area contributed by atoms with Gasteiger partial charge in [0.15, 0.2) is 0 Å². The highest BCUT2D eigenvalue weighted by atomic mass is 35.5. The Labute approximate surface area is 104 Å². The summed E-state index contributed by atoms with van der Waals surface area (Å²) in [5, 5.41) is 0.488. The molecule has 1 rings (SSSR count). The average Bonchev–Trinajstić information content (AvgIpc) is 2.32. The summed E-state index contributed by atoms with van der Waals surface area (Å²) in [6, 6.07) is 6.15. The zero-order chi connectivity index (χ0) is 12.8. The Morgan fingerprint density at radius 3 is 2.41 bits per heavy atom. The van der Waals surface area contributed by atoms with Gasteiger partial charge in [-0.2, -0.15) is 0 Å². The zero-order valence-electron chi connectivity index (χ0n) is 9.18. The van der Waals surface area contributed by atoms with Gasteiger partial charge in [0.2, 0.25) is 0 Å². The number of carbonyl (C=O) groups excluding carboxylic acids is 3. The van der Waals surface area contributed by atoms with Crippen LogP contribution in [0.2, 0.25) is 5.02 Å². The number of ether oxygens (including phenoxy) is 1. The number of hydrogen-bond donors (Lipinski definition) is 0. The molecule has 0 saturated heterocycles. The molecular weight excluding hydrogens is 244 g/mol. The molecule has 0 aromatic heterocycles. The Bertz CT molecular complexity index is 425. The lowest BCUT2D eigenvalue weighted by Gasteiger charge is -2.08. The van der Waals surface area contributed by atoms with Gasteiger partial charge in [0.25, 0.3) is 5.78 Å². The molecular formula is C12H11ClO4. The molecule has 0 aliphatic heterocycles. The highest BCUT2D eigenvalue weighted by Gasteiger charge is 2.27. The number of Topliss-reactive ketones (excluding diaryl/α,β-unsaturated/α-hetero) is 1. The molecule has 0 heterocycles. The first-order chi connectivity index (χ1) is 8.10. The molecule has 0 amide bonds. The van der Waals surface area contributed by atoms with Gasteiger partial charge in [0.05, 0.1) is 6.61 Å². The van der Waals surface area contributed by atoms with Crippen molar-refractivity contribution in [2.45, 2.75) is 12.8 Å². The summed E-state index contributed by atoms with van der Waals surface area (Å²) in [5.41, 5.74) is 0.419. The summed E-state index contributed by atoms with van der Waals surface area (Å²) in [6.45, 7) is 1.68. The van der Waals surface area contributed by atoms with Gasteiger partial charge in [-0.3, -0.25) is 4.79 Å². The number of ketones is 1. The van der Waals surface area contributed by atoms with Crippen LogP contribution in [0, 0.1) is 0 Å². The van der Waals surface area contributed by atoms with E-state index >= 15 is 0 Å². The van der Waals surface area contributed by atoms with Crippen LogP contribution >= 0.6 is 11.6 Å². The predicted octanol–water partition coefficient (Wildman–Crippen LogP) is 1.75. The number of halogens is 1. The molecule has 0 bridgehead atoms. The molecule has 0 spiro atoms. The Hall–Kier alpha value is -1.68.